The number of ketones is 1. The summed E-state index contributed by atoms with van der Waals surface area (Å²) in [6.07, 6.45) is 1.57. The van der Waals surface area contributed by atoms with Crippen molar-refractivity contribution in [1.29, 1.82) is 0 Å². The van der Waals surface area contributed by atoms with Crippen LogP contribution < -0.4 is 0 Å². The van der Waals surface area contributed by atoms with Crippen molar-refractivity contribution >= 4 is 5.78 Å². The van der Waals surface area contributed by atoms with Gasteiger partial charge in [0.05, 0.1) is 0 Å². The number of hydrogen-bond acceptors (Lipinski definition) is 3. The molecule has 1 rings (SSSR count). The Hall–Kier alpha value is -1.26. The fourth-order valence-corrected chi connectivity index (χ4v) is 1.84. The van der Waals surface area contributed by atoms with Gasteiger partial charge in [0.2, 0.25) is 0 Å². The zero-order valence-electron chi connectivity index (χ0n) is 12.0. The smallest absolute Gasteiger partial charge is 0.164 e. The average Bonchev–Trinajstić information content (AvgIpc) is 2.36. The summed E-state index contributed by atoms with van der Waals surface area (Å²) in [5, 5.41) is 0. The molecule has 1 aromatic rings. The average molecular weight is 266 g/mol. The third-order valence-electron chi connectivity index (χ3n) is 3.03. The van der Waals surface area contributed by atoms with E-state index in [1.54, 1.807) is 12.1 Å². The van der Waals surface area contributed by atoms with E-state index in [4.69, 9.17) is 0 Å². The zero-order valence-corrected chi connectivity index (χ0v) is 12.0. The molecule has 1 aromatic carbocycles. The van der Waals surface area contributed by atoms with Gasteiger partial charge in [-0.15, -0.1) is 0 Å². The predicted molar refractivity (Wildman–Crippen MR) is 76.0 cm³/mol. The Bertz CT molecular complexity index is 390. The van der Waals surface area contributed by atoms with E-state index in [2.05, 4.69) is 23.9 Å². The summed E-state index contributed by atoms with van der Waals surface area (Å²) in [5.74, 6) is -0.239. The topological polar surface area (TPSA) is 23.6 Å². The van der Waals surface area contributed by atoms with Crippen molar-refractivity contribution in [3.8, 4) is 0 Å². The van der Waals surface area contributed by atoms with Gasteiger partial charge < -0.3 is 9.80 Å². The van der Waals surface area contributed by atoms with E-state index < -0.39 is 0 Å². The molecule has 0 saturated carbocycles. The lowest BCUT2D eigenvalue weighted by atomic mass is 10.1. The molecule has 0 aromatic heterocycles. The molecule has 0 heterocycles. The monoisotopic (exact) mass is 266 g/mol. The van der Waals surface area contributed by atoms with Crippen LogP contribution in [-0.4, -0.2) is 56.4 Å². The van der Waals surface area contributed by atoms with Gasteiger partial charge in [0.25, 0.3) is 0 Å². The quantitative estimate of drug-likeness (QED) is 0.674. The van der Waals surface area contributed by atoms with Crippen LogP contribution in [0.25, 0.3) is 0 Å². The van der Waals surface area contributed by atoms with E-state index >= 15 is 0 Å². The summed E-state index contributed by atoms with van der Waals surface area (Å²) in [6.45, 7) is 2.77. The maximum absolute atomic E-state index is 12.7. The predicted octanol–water partition coefficient (Wildman–Crippen LogP) is 2.28. The lowest BCUT2D eigenvalue weighted by Crippen LogP contribution is -2.26. The first-order chi connectivity index (χ1) is 8.99. The van der Waals surface area contributed by atoms with Crippen LogP contribution in [0.5, 0.6) is 0 Å². The molecule has 4 heteroatoms. The SMILES string of the molecule is CN(C)CCCN(C)CCC(=O)c1ccc(F)cc1. The lowest BCUT2D eigenvalue weighted by Gasteiger charge is -2.17. The van der Waals surface area contributed by atoms with Gasteiger partial charge in [-0.3, -0.25) is 4.79 Å². The number of carbonyl (C=O) groups excluding carboxylic acids is 1. The van der Waals surface area contributed by atoms with Gasteiger partial charge in [-0.05, 0) is 64.9 Å². The summed E-state index contributed by atoms with van der Waals surface area (Å²) in [4.78, 5) is 16.2. The van der Waals surface area contributed by atoms with Crippen molar-refractivity contribution in [3.63, 3.8) is 0 Å². The first kappa shape index (κ1) is 15.8. The molecule has 3 nitrogen and oxygen atoms in total. The summed E-state index contributed by atoms with van der Waals surface area (Å²) in [6, 6.07) is 5.75. The minimum Gasteiger partial charge on any atom is -0.309 e. The van der Waals surface area contributed by atoms with E-state index in [-0.39, 0.29) is 11.6 Å². The van der Waals surface area contributed by atoms with Gasteiger partial charge in [0.1, 0.15) is 5.82 Å². The third kappa shape index (κ3) is 6.45. The van der Waals surface area contributed by atoms with E-state index in [1.807, 2.05) is 7.05 Å². The number of hydrogen-bond donors (Lipinski definition) is 0. The normalized spacial score (nSPS) is 11.3. The van der Waals surface area contributed by atoms with Crippen molar-refractivity contribution in [3.05, 3.63) is 35.6 Å². The maximum atomic E-state index is 12.7. The largest absolute Gasteiger partial charge is 0.309 e. The van der Waals surface area contributed by atoms with Gasteiger partial charge in [0.15, 0.2) is 5.78 Å². The molecule has 0 aliphatic heterocycles. The Balaban J connectivity index is 2.27. The molecule has 0 bridgehead atoms. The molecule has 0 fully saturated rings. The molecule has 106 valence electrons. The number of halogens is 1. The van der Waals surface area contributed by atoms with Crippen LogP contribution in [0.4, 0.5) is 4.39 Å². The van der Waals surface area contributed by atoms with Gasteiger partial charge >= 0.3 is 0 Å². The number of rotatable bonds is 8. The highest BCUT2D eigenvalue weighted by molar-refractivity contribution is 5.96. The minimum absolute atomic E-state index is 0.0689. The Kier molecular flexibility index (Phi) is 6.67. The van der Waals surface area contributed by atoms with Crippen LogP contribution in [0.15, 0.2) is 24.3 Å². The fourth-order valence-electron chi connectivity index (χ4n) is 1.84. The molecule has 0 spiro atoms. The number of Topliss-reactive ketones (excluding diaryl/α,β-unsaturated/α-hetero) is 1. The van der Waals surface area contributed by atoms with E-state index in [1.165, 1.54) is 12.1 Å². The number of benzene rings is 1. The maximum Gasteiger partial charge on any atom is 0.164 e. The summed E-state index contributed by atoms with van der Waals surface area (Å²) < 4.78 is 12.7. The molecule has 0 N–H and O–H groups in total. The van der Waals surface area contributed by atoms with Gasteiger partial charge in [-0.1, -0.05) is 0 Å². The standard InChI is InChI=1S/C15H23FN2O/c1-17(2)10-4-11-18(3)12-9-15(19)13-5-7-14(16)8-6-13/h5-8H,4,9-12H2,1-3H3. The van der Waals surface area contributed by atoms with E-state index in [9.17, 15) is 9.18 Å². The van der Waals surface area contributed by atoms with E-state index in [0.717, 1.165) is 26.1 Å². The van der Waals surface area contributed by atoms with Crippen molar-refractivity contribution < 1.29 is 9.18 Å². The van der Waals surface area contributed by atoms with Crippen LogP contribution >= 0.6 is 0 Å². The van der Waals surface area contributed by atoms with Crippen molar-refractivity contribution in [1.82, 2.24) is 9.80 Å². The number of nitrogens with zero attached hydrogens (tertiary/aromatic N) is 2. The Labute approximate surface area is 115 Å². The van der Waals surface area contributed by atoms with Crippen LogP contribution in [0.2, 0.25) is 0 Å². The summed E-state index contributed by atoms with van der Waals surface area (Å²) in [5.41, 5.74) is 0.586. The van der Waals surface area contributed by atoms with Crippen LogP contribution in [-0.2, 0) is 0 Å². The van der Waals surface area contributed by atoms with Gasteiger partial charge in [0, 0.05) is 18.5 Å². The lowest BCUT2D eigenvalue weighted by molar-refractivity contribution is 0.0968. The second-order valence-corrected chi connectivity index (χ2v) is 5.14. The van der Waals surface area contributed by atoms with Crippen LogP contribution in [0, 0.1) is 5.82 Å². The van der Waals surface area contributed by atoms with Crippen molar-refractivity contribution in [2.24, 2.45) is 0 Å². The molecule has 0 amide bonds. The Morgan fingerprint density at radius 3 is 2.26 bits per heavy atom. The second-order valence-electron chi connectivity index (χ2n) is 5.14. The molecule has 0 radical (unpaired) electrons. The fraction of sp³-hybridized carbons (Fsp3) is 0.533. The van der Waals surface area contributed by atoms with Crippen LogP contribution in [0.3, 0.4) is 0 Å². The van der Waals surface area contributed by atoms with Gasteiger partial charge in [-0.25, -0.2) is 4.39 Å². The molecular formula is C15H23FN2O. The molecular weight excluding hydrogens is 243 g/mol. The highest BCUT2D eigenvalue weighted by Gasteiger charge is 2.07. The minimum atomic E-state index is -0.308. The highest BCUT2D eigenvalue weighted by atomic mass is 19.1. The molecule has 19 heavy (non-hydrogen) atoms. The Morgan fingerprint density at radius 1 is 1.05 bits per heavy atom. The van der Waals surface area contributed by atoms with Crippen LogP contribution in [0.1, 0.15) is 23.2 Å². The van der Waals surface area contributed by atoms with Gasteiger partial charge in [-0.2, -0.15) is 0 Å². The summed E-state index contributed by atoms with van der Waals surface area (Å²) in [7, 11) is 6.13. The molecule has 0 aliphatic rings. The zero-order chi connectivity index (χ0) is 14.3. The second kappa shape index (κ2) is 8.02. The third-order valence-corrected chi connectivity index (χ3v) is 3.03. The Morgan fingerprint density at radius 2 is 1.68 bits per heavy atom. The van der Waals surface area contributed by atoms with E-state index in [0.29, 0.717) is 12.0 Å². The molecule has 0 atom stereocenters. The van der Waals surface area contributed by atoms with Crippen molar-refractivity contribution in [2.75, 3.05) is 40.8 Å². The molecule has 0 saturated heterocycles. The molecule has 0 aliphatic carbocycles. The first-order valence-electron chi connectivity index (χ1n) is 6.61. The number of carbonyl (C=O) groups is 1. The van der Waals surface area contributed by atoms with Crippen molar-refractivity contribution in [2.45, 2.75) is 12.8 Å². The molecule has 0 unspecified atom stereocenters. The highest BCUT2D eigenvalue weighted by Crippen LogP contribution is 2.06. The first-order valence-corrected chi connectivity index (χ1v) is 6.61. The summed E-state index contributed by atoms with van der Waals surface area (Å²) >= 11 is 0.